The van der Waals surface area contributed by atoms with Crippen molar-refractivity contribution in [1.82, 2.24) is 30.8 Å². The minimum atomic E-state index is -0.377. The smallest absolute Gasteiger partial charge is 0.293 e. The van der Waals surface area contributed by atoms with Crippen LogP contribution in [-0.4, -0.2) is 56.8 Å². The number of nitrogens with zero attached hydrogens (tertiary/aromatic N) is 3. The standard InChI is InChI=1S/C18H20N6O2.C5H10O2/c1-19-9-8-14(21-18(26)13-4-2-3-5-15(13)25)17-22-16(23-24-17)12-6-10-20-11-7-12;1-5(2,3)7-4-6/h2-7,10-11,14,19,25H,8-9H2,1H3,(H,21,26)(H,22,23,24);4H,1-3H3. The van der Waals surface area contributed by atoms with Crippen LogP contribution in [0.3, 0.4) is 0 Å². The molecule has 4 N–H and O–H groups in total. The number of pyridine rings is 1. The number of carbonyl (C=O) groups is 2. The number of benzene rings is 1. The minimum Gasteiger partial charge on any atom is -0.507 e. The lowest BCUT2D eigenvalue weighted by molar-refractivity contribution is -0.138. The maximum atomic E-state index is 12.5. The molecular weight excluding hydrogens is 424 g/mol. The monoisotopic (exact) mass is 454 g/mol. The Hall–Kier alpha value is -3.79. The number of carbonyl (C=O) groups excluding carboxylic acids is 2. The predicted molar refractivity (Wildman–Crippen MR) is 123 cm³/mol. The van der Waals surface area contributed by atoms with E-state index in [0.717, 1.165) is 5.56 Å². The van der Waals surface area contributed by atoms with Crippen molar-refractivity contribution >= 4 is 12.4 Å². The highest BCUT2D eigenvalue weighted by Crippen LogP contribution is 2.20. The first-order chi connectivity index (χ1) is 15.7. The van der Waals surface area contributed by atoms with Crippen LogP contribution in [0.15, 0.2) is 48.8 Å². The van der Waals surface area contributed by atoms with Crippen LogP contribution in [0.4, 0.5) is 0 Å². The van der Waals surface area contributed by atoms with Gasteiger partial charge in [-0.1, -0.05) is 12.1 Å². The van der Waals surface area contributed by atoms with Gasteiger partial charge in [0, 0.05) is 18.0 Å². The predicted octanol–water partition coefficient (Wildman–Crippen LogP) is 2.61. The summed E-state index contributed by atoms with van der Waals surface area (Å²) in [6, 6.07) is 9.68. The van der Waals surface area contributed by atoms with E-state index in [1.807, 2.05) is 40.0 Å². The lowest BCUT2D eigenvalue weighted by atomic mass is 10.1. The van der Waals surface area contributed by atoms with Gasteiger partial charge in [-0.05, 0) is 65.0 Å². The number of rotatable bonds is 8. The third-order valence-electron chi connectivity index (χ3n) is 4.31. The second kappa shape index (κ2) is 12.3. The Bertz CT molecular complexity index is 1020. The van der Waals surface area contributed by atoms with Gasteiger partial charge in [0.2, 0.25) is 0 Å². The number of nitrogens with one attached hydrogen (secondary N) is 3. The molecule has 0 saturated carbocycles. The summed E-state index contributed by atoms with van der Waals surface area (Å²) in [5.74, 6) is 0.656. The highest BCUT2D eigenvalue weighted by Gasteiger charge is 2.21. The fourth-order valence-electron chi connectivity index (χ4n) is 2.67. The van der Waals surface area contributed by atoms with E-state index < -0.39 is 0 Å². The Morgan fingerprint density at radius 2 is 1.91 bits per heavy atom. The molecule has 1 unspecified atom stereocenters. The number of aromatic hydroxyl groups is 1. The number of amides is 1. The molecule has 0 aliphatic rings. The van der Waals surface area contributed by atoms with Crippen LogP contribution in [0.2, 0.25) is 0 Å². The third-order valence-corrected chi connectivity index (χ3v) is 4.31. The highest BCUT2D eigenvalue weighted by molar-refractivity contribution is 5.96. The maximum absolute atomic E-state index is 12.5. The molecule has 2 aromatic heterocycles. The Kier molecular flexibility index (Phi) is 9.49. The molecule has 1 amide bonds. The zero-order valence-corrected chi connectivity index (χ0v) is 19.2. The highest BCUT2D eigenvalue weighted by atomic mass is 16.5. The van der Waals surface area contributed by atoms with Crippen LogP contribution in [-0.2, 0) is 9.53 Å². The minimum absolute atomic E-state index is 0.0626. The molecule has 2 heterocycles. The lowest BCUT2D eigenvalue weighted by Crippen LogP contribution is -2.31. The molecule has 0 aliphatic heterocycles. The number of para-hydroxylation sites is 1. The van der Waals surface area contributed by atoms with Gasteiger partial charge in [0.15, 0.2) is 5.82 Å². The Morgan fingerprint density at radius 1 is 1.21 bits per heavy atom. The summed E-state index contributed by atoms with van der Waals surface area (Å²) in [6.07, 6.45) is 3.95. The van der Waals surface area contributed by atoms with Crippen molar-refractivity contribution in [2.75, 3.05) is 13.6 Å². The maximum Gasteiger partial charge on any atom is 0.293 e. The molecule has 3 rings (SSSR count). The SMILES string of the molecule is CC(C)(C)OC=O.CNCCC(NC(=O)c1ccccc1O)c1nc(-c2ccncc2)n[nH]1. The van der Waals surface area contributed by atoms with Crippen LogP contribution in [0, 0.1) is 0 Å². The van der Waals surface area contributed by atoms with Gasteiger partial charge in [0.05, 0.1) is 11.6 Å². The number of aromatic amines is 1. The van der Waals surface area contributed by atoms with Crippen molar-refractivity contribution in [1.29, 1.82) is 0 Å². The normalized spacial score (nSPS) is 11.6. The van der Waals surface area contributed by atoms with Gasteiger partial charge >= 0.3 is 0 Å². The molecule has 33 heavy (non-hydrogen) atoms. The van der Waals surface area contributed by atoms with Crippen LogP contribution >= 0.6 is 0 Å². The van der Waals surface area contributed by atoms with Crippen LogP contribution in [0.25, 0.3) is 11.4 Å². The molecule has 1 aromatic carbocycles. The van der Waals surface area contributed by atoms with Gasteiger partial charge in [-0.15, -0.1) is 0 Å². The van der Waals surface area contributed by atoms with Gasteiger partial charge < -0.3 is 20.5 Å². The van der Waals surface area contributed by atoms with E-state index >= 15 is 0 Å². The summed E-state index contributed by atoms with van der Waals surface area (Å²) in [7, 11) is 1.84. The Morgan fingerprint density at radius 3 is 2.48 bits per heavy atom. The molecule has 0 spiro atoms. The molecule has 3 aromatic rings. The van der Waals surface area contributed by atoms with Crippen LogP contribution < -0.4 is 10.6 Å². The van der Waals surface area contributed by atoms with Gasteiger partial charge in [0.25, 0.3) is 12.4 Å². The molecule has 1 atom stereocenters. The van der Waals surface area contributed by atoms with Crippen molar-refractivity contribution in [2.45, 2.75) is 38.8 Å². The van der Waals surface area contributed by atoms with Crippen molar-refractivity contribution in [3.05, 3.63) is 60.2 Å². The lowest BCUT2D eigenvalue weighted by Gasteiger charge is -2.16. The second-order valence-corrected chi connectivity index (χ2v) is 8.04. The van der Waals surface area contributed by atoms with Gasteiger partial charge in [-0.2, -0.15) is 5.10 Å². The first-order valence-electron chi connectivity index (χ1n) is 10.4. The number of hydrogen-bond donors (Lipinski definition) is 4. The van der Waals surface area contributed by atoms with E-state index in [2.05, 4.69) is 35.5 Å². The van der Waals surface area contributed by atoms with Crippen molar-refractivity contribution in [2.24, 2.45) is 0 Å². The molecular formula is C23H30N6O4. The summed E-state index contributed by atoms with van der Waals surface area (Å²) in [6.45, 7) is 6.60. The number of phenolic OH excluding ortho intramolecular Hbond substituents is 1. The number of hydrogen-bond acceptors (Lipinski definition) is 8. The third kappa shape index (κ3) is 8.34. The number of aromatic nitrogens is 4. The van der Waals surface area contributed by atoms with E-state index in [4.69, 9.17) is 0 Å². The van der Waals surface area contributed by atoms with Crippen LogP contribution in [0.1, 0.15) is 49.4 Å². The average Bonchev–Trinajstić information content (AvgIpc) is 3.27. The molecule has 0 saturated heterocycles. The first-order valence-corrected chi connectivity index (χ1v) is 10.4. The molecule has 176 valence electrons. The largest absolute Gasteiger partial charge is 0.507 e. The zero-order chi connectivity index (χ0) is 24.3. The second-order valence-electron chi connectivity index (χ2n) is 8.04. The van der Waals surface area contributed by atoms with E-state index in [1.165, 1.54) is 6.07 Å². The molecule has 10 nitrogen and oxygen atoms in total. The number of H-pyrrole nitrogens is 1. The van der Waals surface area contributed by atoms with Gasteiger partial charge in [0.1, 0.15) is 17.2 Å². The van der Waals surface area contributed by atoms with Crippen LogP contribution in [0.5, 0.6) is 5.75 Å². The first kappa shape index (κ1) is 25.5. The molecule has 0 aliphatic carbocycles. The van der Waals surface area contributed by atoms with Crippen molar-refractivity contribution < 1.29 is 19.4 Å². The molecule has 0 fully saturated rings. The molecule has 0 radical (unpaired) electrons. The van der Waals surface area contributed by atoms with Crippen molar-refractivity contribution in [3.8, 4) is 17.1 Å². The summed E-state index contributed by atoms with van der Waals surface area (Å²) in [4.78, 5) is 30.6. The summed E-state index contributed by atoms with van der Waals surface area (Å²) in [5, 5.41) is 23.0. The summed E-state index contributed by atoms with van der Waals surface area (Å²) in [5.41, 5.74) is 0.736. The molecule has 10 heteroatoms. The van der Waals surface area contributed by atoms with Gasteiger partial charge in [-0.25, -0.2) is 4.98 Å². The Labute approximate surface area is 192 Å². The van der Waals surface area contributed by atoms with E-state index in [1.54, 1.807) is 30.6 Å². The molecule has 0 bridgehead atoms. The Balaban J connectivity index is 0.000000479. The van der Waals surface area contributed by atoms with E-state index in [0.29, 0.717) is 31.1 Å². The van der Waals surface area contributed by atoms with E-state index in [-0.39, 0.29) is 28.9 Å². The topological polar surface area (TPSA) is 142 Å². The van der Waals surface area contributed by atoms with E-state index in [9.17, 15) is 14.7 Å². The quantitative estimate of drug-likeness (QED) is 0.381. The summed E-state index contributed by atoms with van der Waals surface area (Å²) >= 11 is 0. The zero-order valence-electron chi connectivity index (χ0n) is 19.2. The fourth-order valence-corrected chi connectivity index (χ4v) is 2.67. The summed E-state index contributed by atoms with van der Waals surface area (Å²) < 4.78 is 4.55. The van der Waals surface area contributed by atoms with Crippen molar-refractivity contribution in [3.63, 3.8) is 0 Å². The fraction of sp³-hybridized carbons (Fsp3) is 0.348. The van der Waals surface area contributed by atoms with Gasteiger partial charge in [-0.3, -0.25) is 19.7 Å². The average molecular weight is 455 g/mol. The number of ether oxygens (including phenoxy) is 1. The number of phenols is 1.